The number of phenols is 2. The number of fused-ring (bicyclic) bond motifs is 3. The zero-order valence-electron chi connectivity index (χ0n) is 17.1. The molecule has 3 aromatic carbocycles. The summed E-state index contributed by atoms with van der Waals surface area (Å²) in [6, 6.07) is 19.0. The molecule has 0 fully saturated rings. The third-order valence-corrected chi connectivity index (χ3v) is 4.93. The number of hydrogen-bond donors (Lipinski definition) is 2. The quantitative estimate of drug-likeness (QED) is 0.189. The highest BCUT2D eigenvalue weighted by atomic mass is 16.7. The fraction of sp³-hybridized carbons (Fsp3) is 0.167. The van der Waals surface area contributed by atoms with Crippen molar-refractivity contribution in [3.63, 3.8) is 0 Å². The summed E-state index contributed by atoms with van der Waals surface area (Å²) >= 11 is 0. The number of benzene rings is 3. The van der Waals surface area contributed by atoms with Gasteiger partial charge in [0, 0.05) is 28.4 Å². The molecule has 0 bridgehead atoms. The zero-order valence-corrected chi connectivity index (χ0v) is 17.1. The monoisotopic (exact) mass is 417 g/mol. The van der Waals surface area contributed by atoms with Crippen molar-refractivity contribution in [3.8, 4) is 11.5 Å². The number of phenolic OH excluding ortho intramolecular Hbond substituents is 2. The van der Waals surface area contributed by atoms with Gasteiger partial charge in [-0.1, -0.05) is 40.6 Å². The maximum atomic E-state index is 9.43. The molecule has 0 unspecified atom stereocenters. The van der Waals surface area contributed by atoms with E-state index < -0.39 is 0 Å². The molecule has 7 nitrogen and oxygen atoms in total. The molecular formula is C24H23N3O4. The van der Waals surface area contributed by atoms with E-state index in [2.05, 4.69) is 58.2 Å². The lowest BCUT2D eigenvalue weighted by Crippen LogP contribution is -1.98. The summed E-state index contributed by atoms with van der Waals surface area (Å²) in [5, 5.41) is 29.0. The molecule has 158 valence electrons. The van der Waals surface area contributed by atoms with E-state index in [9.17, 15) is 10.2 Å². The van der Waals surface area contributed by atoms with Crippen LogP contribution in [0.4, 0.5) is 0 Å². The maximum absolute atomic E-state index is 9.43. The lowest BCUT2D eigenvalue weighted by Gasteiger charge is -2.03. The predicted octanol–water partition coefficient (Wildman–Crippen LogP) is 4.63. The largest absolute Gasteiger partial charge is 0.504 e. The number of nitrogens with zero attached hydrogens (tertiary/aromatic N) is 3. The second kappa shape index (κ2) is 9.21. The fourth-order valence-electron chi connectivity index (χ4n) is 3.48. The van der Waals surface area contributed by atoms with Crippen molar-refractivity contribution in [1.29, 1.82) is 0 Å². The van der Waals surface area contributed by atoms with Crippen molar-refractivity contribution < 1.29 is 19.9 Å². The first kappa shape index (κ1) is 20.3. The Bertz CT molecular complexity index is 1260. The molecule has 0 spiro atoms. The highest BCUT2D eigenvalue weighted by Crippen LogP contribution is 2.29. The van der Waals surface area contributed by atoms with Gasteiger partial charge in [-0.25, -0.2) is 0 Å². The van der Waals surface area contributed by atoms with Gasteiger partial charge in [-0.15, -0.1) is 0 Å². The Morgan fingerprint density at radius 3 is 2.13 bits per heavy atom. The Labute approximate surface area is 179 Å². The summed E-state index contributed by atoms with van der Waals surface area (Å²) in [5.41, 5.74) is 3.96. The van der Waals surface area contributed by atoms with Crippen molar-refractivity contribution in [2.45, 2.75) is 13.5 Å². The topological polar surface area (TPSA) is 88.6 Å². The van der Waals surface area contributed by atoms with Crippen molar-refractivity contribution in [3.05, 3.63) is 71.8 Å². The molecular weight excluding hydrogens is 394 g/mol. The normalized spacial score (nSPS) is 11.8. The van der Waals surface area contributed by atoms with Crippen LogP contribution >= 0.6 is 0 Å². The number of rotatable bonds is 8. The molecule has 0 aliphatic heterocycles. The standard InChI is InChI=1S/C24H23N3O4/c1-2-27-21-6-4-3-5-19(21)20-9-7-17(13-22(20)27)15-25-30-11-12-31-26-16-18-8-10-23(28)24(29)14-18/h3-10,13-16,28-29H,2,11-12H2,1H3/b25-15+,26-16+. The minimum absolute atomic E-state index is 0.181. The Morgan fingerprint density at radius 1 is 0.774 bits per heavy atom. The summed E-state index contributed by atoms with van der Waals surface area (Å²) in [5.74, 6) is -0.390. The van der Waals surface area contributed by atoms with Crippen LogP contribution in [-0.2, 0) is 16.2 Å². The van der Waals surface area contributed by atoms with Gasteiger partial charge < -0.3 is 24.5 Å². The van der Waals surface area contributed by atoms with Crippen molar-refractivity contribution in [2.75, 3.05) is 13.2 Å². The lowest BCUT2D eigenvalue weighted by molar-refractivity contribution is 0.0553. The van der Waals surface area contributed by atoms with E-state index in [1.54, 1.807) is 12.3 Å². The molecule has 7 heteroatoms. The summed E-state index contributed by atoms with van der Waals surface area (Å²) in [7, 11) is 0. The van der Waals surface area contributed by atoms with Crippen LogP contribution in [0.2, 0.25) is 0 Å². The lowest BCUT2D eigenvalue weighted by atomic mass is 10.1. The van der Waals surface area contributed by atoms with E-state index >= 15 is 0 Å². The Balaban J connectivity index is 1.31. The van der Waals surface area contributed by atoms with Gasteiger partial charge in [0.2, 0.25) is 0 Å². The molecule has 0 amide bonds. The molecule has 31 heavy (non-hydrogen) atoms. The molecule has 0 aliphatic carbocycles. The molecule has 2 N–H and O–H groups in total. The number of hydrogen-bond acceptors (Lipinski definition) is 6. The average Bonchev–Trinajstić information content (AvgIpc) is 3.10. The van der Waals surface area contributed by atoms with Gasteiger partial charge >= 0.3 is 0 Å². The fourth-order valence-corrected chi connectivity index (χ4v) is 3.48. The summed E-state index contributed by atoms with van der Waals surface area (Å²) < 4.78 is 2.29. The minimum Gasteiger partial charge on any atom is -0.504 e. The number of aromatic nitrogens is 1. The second-order valence-corrected chi connectivity index (χ2v) is 6.92. The summed E-state index contributed by atoms with van der Waals surface area (Å²) in [6.45, 7) is 3.50. The first-order chi connectivity index (χ1) is 15.2. The van der Waals surface area contributed by atoms with Gasteiger partial charge in [-0.05, 0) is 48.4 Å². The maximum Gasteiger partial charge on any atom is 0.158 e. The van der Waals surface area contributed by atoms with Crippen molar-refractivity contribution >= 4 is 34.2 Å². The molecule has 1 aromatic heterocycles. The number of aryl methyl sites for hydroxylation is 1. The van der Waals surface area contributed by atoms with Crippen molar-refractivity contribution in [1.82, 2.24) is 4.57 Å². The van der Waals surface area contributed by atoms with Crippen LogP contribution in [0.15, 0.2) is 71.0 Å². The van der Waals surface area contributed by atoms with E-state index in [1.165, 1.54) is 40.2 Å². The van der Waals surface area contributed by atoms with E-state index in [0.29, 0.717) is 5.56 Å². The van der Waals surface area contributed by atoms with Gasteiger partial charge in [0.1, 0.15) is 0 Å². The predicted molar refractivity (Wildman–Crippen MR) is 122 cm³/mol. The van der Waals surface area contributed by atoms with Crippen LogP contribution in [0.25, 0.3) is 21.8 Å². The number of oxime groups is 2. The Kier molecular flexibility index (Phi) is 6.03. The van der Waals surface area contributed by atoms with Crippen LogP contribution in [0.3, 0.4) is 0 Å². The third kappa shape index (κ3) is 4.45. The average molecular weight is 417 g/mol. The molecule has 4 rings (SSSR count). The highest BCUT2D eigenvalue weighted by Gasteiger charge is 2.09. The molecule has 0 saturated heterocycles. The van der Waals surface area contributed by atoms with Crippen LogP contribution in [0, 0.1) is 0 Å². The van der Waals surface area contributed by atoms with E-state index in [1.807, 2.05) is 6.07 Å². The van der Waals surface area contributed by atoms with Gasteiger partial charge in [0.25, 0.3) is 0 Å². The molecule has 0 radical (unpaired) electrons. The van der Waals surface area contributed by atoms with Gasteiger partial charge in [0.15, 0.2) is 24.7 Å². The Morgan fingerprint density at radius 2 is 1.42 bits per heavy atom. The molecule has 0 aliphatic rings. The van der Waals surface area contributed by atoms with Crippen molar-refractivity contribution in [2.24, 2.45) is 10.3 Å². The molecule has 1 heterocycles. The van der Waals surface area contributed by atoms with E-state index in [0.717, 1.165) is 12.1 Å². The van der Waals surface area contributed by atoms with Crippen LogP contribution in [-0.4, -0.2) is 40.4 Å². The molecule has 4 aromatic rings. The van der Waals surface area contributed by atoms with Crippen LogP contribution < -0.4 is 0 Å². The van der Waals surface area contributed by atoms with Gasteiger partial charge in [0.05, 0.1) is 12.4 Å². The first-order valence-corrected chi connectivity index (χ1v) is 10.0. The van der Waals surface area contributed by atoms with Crippen LogP contribution in [0.1, 0.15) is 18.1 Å². The number of aromatic hydroxyl groups is 2. The van der Waals surface area contributed by atoms with Crippen LogP contribution in [0.5, 0.6) is 11.5 Å². The second-order valence-electron chi connectivity index (χ2n) is 6.92. The third-order valence-electron chi connectivity index (χ3n) is 4.93. The smallest absolute Gasteiger partial charge is 0.158 e. The zero-order chi connectivity index (χ0) is 21.6. The van der Waals surface area contributed by atoms with E-state index in [4.69, 9.17) is 9.68 Å². The summed E-state index contributed by atoms with van der Waals surface area (Å²) in [4.78, 5) is 10.3. The molecule has 0 atom stereocenters. The summed E-state index contributed by atoms with van der Waals surface area (Å²) in [6.07, 6.45) is 3.12. The minimum atomic E-state index is -0.209. The highest BCUT2D eigenvalue weighted by molar-refractivity contribution is 6.09. The first-order valence-electron chi connectivity index (χ1n) is 10.0. The molecule has 0 saturated carbocycles. The SMILES string of the molecule is CCn1c2ccccc2c2ccc(/C=N/OCCO/N=C/c3ccc(O)c(O)c3)cc21. The van der Waals surface area contributed by atoms with Gasteiger partial charge in [-0.2, -0.15) is 0 Å². The number of para-hydroxylation sites is 1. The van der Waals surface area contributed by atoms with Gasteiger partial charge in [-0.3, -0.25) is 0 Å². The Hall–Kier alpha value is -4.00. The van der Waals surface area contributed by atoms with E-state index in [-0.39, 0.29) is 24.7 Å².